The molecule has 1 amide bonds. The fourth-order valence-electron chi connectivity index (χ4n) is 1.80. The van der Waals surface area contributed by atoms with Gasteiger partial charge in [0.05, 0.1) is 5.56 Å². The van der Waals surface area contributed by atoms with E-state index in [1.807, 2.05) is 13.8 Å². The Balaban J connectivity index is 2.34. The Morgan fingerprint density at radius 3 is 2.47 bits per heavy atom. The van der Waals surface area contributed by atoms with E-state index >= 15 is 0 Å². The molecule has 1 fully saturated rings. The number of carbonyl (C=O) groups excluding carboxylic acids is 1. The van der Waals surface area contributed by atoms with Crippen molar-refractivity contribution < 1.29 is 18.0 Å². The summed E-state index contributed by atoms with van der Waals surface area (Å²) in [6, 6.07) is 1.81. The average Bonchev–Trinajstić information content (AvgIpc) is 2.84. The number of hydrogen-bond donors (Lipinski definition) is 2. The van der Waals surface area contributed by atoms with Gasteiger partial charge in [-0.25, -0.2) is 4.98 Å². The highest BCUT2D eigenvalue weighted by Gasteiger charge is 2.46. The second-order valence-electron chi connectivity index (χ2n) is 5.34. The van der Waals surface area contributed by atoms with Crippen molar-refractivity contribution in [3.63, 3.8) is 0 Å². The van der Waals surface area contributed by atoms with Crippen LogP contribution in [-0.4, -0.2) is 16.9 Å². The highest BCUT2D eigenvalue weighted by atomic mass is 19.4. The molecule has 1 atom stereocenters. The summed E-state index contributed by atoms with van der Waals surface area (Å²) in [4.78, 5) is 14.7. The van der Waals surface area contributed by atoms with Gasteiger partial charge in [0, 0.05) is 6.04 Å². The molecule has 0 aliphatic heterocycles. The van der Waals surface area contributed by atoms with Crippen molar-refractivity contribution in [3.05, 3.63) is 23.4 Å². The molecule has 1 heterocycles. The Labute approximate surface area is 108 Å². The molecule has 4 nitrogen and oxygen atoms in total. The molecular weight excluding hydrogens is 259 g/mol. The molecule has 0 radical (unpaired) electrons. The molecule has 0 saturated heterocycles. The van der Waals surface area contributed by atoms with Crippen molar-refractivity contribution in [1.29, 1.82) is 0 Å². The number of primary amides is 1. The first-order valence-corrected chi connectivity index (χ1v) is 5.76. The Hall–Kier alpha value is -1.79. The lowest BCUT2D eigenvalue weighted by Crippen LogP contribution is -2.20. The smallest absolute Gasteiger partial charge is 0.366 e. The summed E-state index contributed by atoms with van der Waals surface area (Å²) in [5.41, 5.74) is 4.05. The zero-order chi connectivity index (χ0) is 14.4. The maximum atomic E-state index is 12.6. The normalized spacial score (nSPS) is 21.0. The first-order chi connectivity index (χ1) is 8.61. The number of hydrogen-bond acceptors (Lipinski definition) is 3. The number of halogens is 3. The lowest BCUT2D eigenvalue weighted by atomic mass is 10.1. The maximum Gasteiger partial charge on any atom is 0.433 e. The first kappa shape index (κ1) is 13.6. The highest BCUT2D eigenvalue weighted by Crippen LogP contribution is 2.46. The van der Waals surface area contributed by atoms with E-state index < -0.39 is 17.8 Å². The number of nitrogens with zero attached hydrogens (tertiary/aromatic N) is 1. The van der Waals surface area contributed by atoms with Crippen LogP contribution in [0.3, 0.4) is 0 Å². The molecular formula is C12H14F3N3O. The van der Waals surface area contributed by atoms with Crippen molar-refractivity contribution >= 4 is 11.7 Å². The van der Waals surface area contributed by atoms with Crippen LogP contribution in [0.2, 0.25) is 0 Å². The SMILES string of the molecule is CC1(C)CC1Nc1nc(C(F)(F)F)ccc1C(N)=O. The second-order valence-corrected chi connectivity index (χ2v) is 5.34. The van der Waals surface area contributed by atoms with E-state index in [1.165, 1.54) is 0 Å². The molecule has 0 aromatic carbocycles. The van der Waals surface area contributed by atoms with Gasteiger partial charge in [0.15, 0.2) is 0 Å². The fraction of sp³-hybridized carbons (Fsp3) is 0.500. The van der Waals surface area contributed by atoms with Gasteiger partial charge in [0.1, 0.15) is 11.5 Å². The summed E-state index contributed by atoms with van der Waals surface area (Å²) in [7, 11) is 0. The second kappa shape index (κ2) is 4.11. The van der Waals surface area contributed by atoms with Gasteiger partial charge >= 0.3 is 6.18 Å². The van der Waals surface area contributed by atoms with Gasteiger partial charge in [-0.1, -0.05) is 13.8 Å². The number of aromatic nitrogens is 1. The van der Waals surface area contributed by atoms with Crippen molar-refractivity contribution in [1.82, 2.24) is 4.98 Å². The Morgan fingerprint density at radius 2 is 2.05 bits per heavy atom. The van der Waals surface area contributed by atoms with Crippen LogP contribution in [0.5, 0.6) is 0 Å². The zero-order valence-corrected chi connectivity index (χ0v) is 10.5. The Morgan fingerprint density at radius 1 is 1.47 bits per heavy atom. The summed E-state index contributed by atoms with van der Waals surface area (Å²) in [6.45, 7) is 3.95. The average molecular weight is 273 g/mol. The molecule has 0 spiro atoms. The number of pyridine rings is 1. The van der Waals surface area contributed by atoms with Gasteiger partial charge in [0.2, 0.25) is 0 Å². The summed E-state index contributed by atoms with van der Waals surface area (Å²) in [5.74, 6) is -0.903. The quantitative estimate of drug-likeness (QED) is 0.888. The van der Waals surface area contributed by atoms with Crippen LogP contribution in [0.15, 0.2) is 12.1 Å². The molecule has 19 heavy (non-hydrogen) atoms. The topological polar surface area (TPSA) is 68.0 Å². The van der Waals surface area contributed by atoms with Crippen LogP contribution < -0.4 is 11.1 Å². The summed E-state index contributed by atoms with van der Waals surface area (Å²) in [6.07, 6.45) is -3.74. The molecule has 7 heteroatoms. The largest absolute Gasteiger partial charge is 0.433 e. The predicted molar refractivity (Wildman–Crippen MR) is 63.6 cm³/mol. The minimum Gasteiger partial charge on any atom is -0.366 e. The molecule has 1 aliphatic carbocycles. The number of anilines is 1. The number of rotatable bonds is 3. The van der Waals surface area contributed by atoms with Gasteiger partial charge in [-0.05, 0) is 24.0 Å². The van der Waals surface area contributed by atoms with E-state index in [0.717, 1.165) is 18.6 Å². The van der Waals surface area contributed by atoms with E-state index in [1.54, 1.807) is 0 Å². The Kier molecular flexibility index (Phi) is 2.95. The third-order valence-electron chi connectivity index (χ3n) is 3.28. The molecule has 1 saturated carbocycles. The Bertz CT molecular complexity index is 525. The molecule has 1 unspecified atom stereocenters. The monoisotopic (exact) mass is 273 g/mol. The van der Waals surface area contributed by atoms with Crippen LogP contribution in [0, 0.1) is 5.41 Å². The van der Waals surface area contributed by atoms with E-state index in [2.05, 4.69) is 10.3 Å². The van der Waals surface area contributed by atoms with E-state index in [0.29, 0.717) is 0 Å². The molecule has 1 aliphatic rings. The van der Waals surface area contributed by atoms with Crippen molar-refractivity contribution in [2.24, 2.45) is 11.1 Å². The number of amides is 1. The maximum absolute atomic E-state index is 12.6. The number of nitrogens with one attached hydrogen (secondary N) is 1. The summed E-state index contributed by atoms with van der Waals surface area (Å²) in [5, 5.41) is 2.86. The summed E-state index contributed by atoms with van der Waals surface area (Å²) < 4.78 is 37.8. The molecule has 1 aromatic rings. The van der Waals surface area contributed by atoms with Gasteiger partial charge < -0.3 is 11.1 Å². The fourth-order valence-corrected chi connectivity index (χ4v) is 1.80. The number of alkyl halides is 3. The van der Waals surface area contributed by atoms with Crippen LogP contribution in [0.25, 0.3) is 0 Å². The molecule has 0 bridgehead atoms. The van der Waals surface area contributed by atoms with E-state index in [4.69, 9.17) is 5.73 Å². The molecule has 104 valence electrons. The lowest BCUT2D eigenvalue weighted by Gasteiger charge is -2.13. The van der Waals surface area contributed by atoms with Gasteiger partial charge in [-0.3, -0.25) is 4.79 Å². The van der Waals surface area contributed by atoms with Crippen LogP contribution >= 0.6 is 0 Å². The zero-order valence-electron chi connectivity index (χ0n) is 10.5. The third-order valence-corrected chi connectivity index (χ3v) is 3.28. The van der Waals surface area contributed by atoms with Gasteiger partial charge in [0.25, 0.3) is 5.91 Å². The number of nitrogens with two attached hydrogens (primary N) is 1. The van der Waals surface area contributed by atoms with Crippen LogP contribution in [0.1, 0.15) is 36.3 Å². The third kappa shape index (κ3) is 2.80. The van der Waals surface area contributed by atoms with Crippen molar-refractivity contribution in [3.8, 4) is 0 Å². The summed E-state index contributed by atoms with van der Waals surface area (Å²) >= 11 is 0. The van der Waals surface area contributed by atoms with E-state index in [-0.39, 0.29) is 22.8 Å². The van der Waals surface area contributed by atoms with Crippen molar-refractivity contribution in [2.45, 2.75) is 32.5 Å². The predicted octanol–water partition coefficient (Wildman–Crippen LogP) is 2.41. The molecule has 3 N–H and O–H groups in total. The highest BCUT2D eigenvalue weighted by molar-refractivity contribution is 5.97. The molecule has 1 aromatic heterocycles. The molecule has 2 rings (SSSR count). The van der Waals surface area contributed by atoms with Crippen molar-refractivity contribution in [2.75, 3.05) is 5.32 Å². The first-order valence-electron chi connectivity index (χ1n) is 5.76. The minimum absolute atomic E-state index is 0.00147. The van der Waals surface area contributed by atoms with Crippen LogP contribution in [0.4, 0.5) is 19.0 Å². The van der Waals surface area contributed by atoms with Crippen LogP contribution in [-0.2, 0) is 6.18 Å². The number of carbonyl (C=O) groups is 1. The van der Waals surface area contributed by atoms with Gasteiger partial charge in [-0.2, -0.15) is 13.2 Å². The standard InChI is InChI=1S/C12H14F3N3O/c1-11(2)5-8(11)18-10-6(9(16)19)3-4-7(17-10)12(13,14)15/h3-4,8H,5H2,1-2H3,(H2,16,19)(H,17,18). The minimum atomic E-state index is -4.55. The lowest BCUT2D eigenvalue weighted by molar-refractivity contribution is -0.141. The van der Waals surface area contributed by atoms with E-state index in [9.17, 15) is 18.0 Å². The van der Waals surface area contributed by atoms with Gasteiger partial charge in [-0.15, -0.1) is 0 Å².